The summed E-state index contributed by atoms with van der Waals surface area (Å²) in [5, 5.41) is 8.16. The first-order chi connectivity index (χ1) is 4.88. The molecule has 0 aliphatic rings. The summed E-state index contributed by atoms with van der Waals surface area (Å²) in [6, 6.07) is 0. The molecule has 0 saturated heterocycles. The van der Waals surface area contributed by atoms with Crippen molar-refractivity contribution < 1.29 is 29.0 Å². The smallest absolute Gasteiger partial charge is 0.354 e. The van der Waals surface area contributed by atoms with Crippen LogP contribution in [0.2, 0.25) is 0 Å². The number of carbonyl (C=O) groups is 1. The van der Waals surface area contributed by atoms with Crippen molar-refractivity contribution in [3.8, 4) is 0 Å². The second kappa shape index (κ2) is 3.82. The Kier molecular flexibility index (Phi) is 3.68. The predicted octanol–water partition coefficient (Wildman–Crippen LogP) is -0.389. The van der Waals surface area contributed by atoms with Crippen LogP contribution in [0.1, 0.15) is 6.42 Å². The van der Waals surface area contributed by atoms with Crippen molar-refractivity contribution in [2.45, 2.75) is 12.3 Å². The predicted molar refractivity (Wildman–Crippen MR) is 35.1 cm³/mol. The zero-order valence-electron chi connectivity index (χ0n) is 5.80. The van der Waals surface area contributed by atoms with Crippen molar-refractivity contribution in [1.29, 1.82) is 0 Å². The second-order valence-corrected chi connectivity index (χ2v) is 3.63. The zero-order chi connectivity index (χ0) is 9.07. The molecule has 0 bridgehead atoms. The molecule has 0 fully saturated rings. The summed E-state index contributed by atoms with van der Waals surface area (Å²) in [6.45, 7) is 0. The Bertz CT molecular complexity index is 183. The molecule has 0 saturated carbocycles. The number of hydrogen-bond acceptors (Lipinski definition) is 3. The summed E-state index contributed by atoms with van der Waals surface area (Å²) < 4.78 is 14.7. The largest absolute Gasteiger partial charge is 0.481 e. The van der Waals surface area contributed by atoms with Gasteiger partial charge >= 0.3 is 13.6 Å². The molecule has 66 valence electrons. The summed E-state index contributed by atoms with van der Waals surface area (Å²) in [5.41, 5.74) is 0. The molecule has 0 heterocycles. The Morgan fingerprint density at radius 3 is 2.18 bits per heavy atom. The minimum Gasteiger partial charge on any atom is -0.481 e. The van der Waals surface area contributed by atoms with Gasteiger partial charge in [0.25, 0.3) is 0 Å². The quantitative estimate of drug-likeness (QED) is 0.514. The molecule has 0 spiro atoms. The fourth-order valence-corrected chi connectivity index (χ4v) is 1.16. The molecule has 0 aliphatic carbocycles. The highest BCUT2D eigenvalue weighted by atomic mass is 31.2. The van der Waals surface area contributed by atoms with Crippen LogP contribution in [-0.2, 0) is 14.1 Å². The van der Waals surface area contributed by atoms with Crippen LogP contribution in [0.4, 0.5) is 0 Å². The van der Waals surface area contributed by atoms with E-state index in [1.807, 2.05) is 0 Å². The normalized spacial score (nSPS) is 14.5. The fraction of sp³-hybridized carbons (Fsp3) is 0.750. The Hall–Kier alpha value is -0.420. The standard InChI is InChI=1S/C4H9O6P/c1-10-4(2-3(5)6)11(7,8)9/h4H,2H2,1H3,(H,5,6)(H2,7,8,9)/t4-/m1/s1. The number of aliphatic carboxylic acids is 1. The Balaban J connectivity index is 4.19. The van der Waals surface area contributed by atoms with Gasteiger partial charge in [0, 0.05) is 7.11 Å². The highest BCUT2D eigenvalue weighted by Crippen LogP contribution is 2.42. The fourth-order valence-electron chi connectivity index (χ4n) is 0.489. The molecule has 1 atom stereocenters. The third-order valence-electron chi connectivity index (χ3n) is 0.996. The first-order valence-corrected chi connectivity index (χ1v) is 4.36. The van der Waals surface area contributed by atoms with E-state index < -0.39 is 25.8 Å². The number of ether oxygens (including phenoxy) is 1. The van der Waals surface area contributed by atoms with Crippen LogP contribution >= 0.6 is 7.60 Å². The maximum absolute atomic E-state index is 10.4. The molecule has 6 nitrogen and oxygen atoms in total. The van der Waals surface area contributed by atoms with Crippen molar-refractivity contribution >= 4 is 13.6 Å². The maximum atomic E-state index is 10.4. The van der Waals surface area contributed by atoms with Gasteiger partial charge in [-0.25, -0.2) is 0 Å². The highest BCUT2D eigenvalue weighted by Gasteiger charge is 2.30. The van der Waals surface area contributed by atoms with Gasteiger partial charge in [0.1, 0.15) is 0 Å². The summed E-state index contributed by atoms with van der Waals surface area (Å²) in [4.78, 5) is 26.9. The van der Waals surface area contributed by atoms with Gasteiger partial charge in [0.05, 0.1) is 6.42 Å². The van der Waals surface area contributed by atoms with Gasteiger partial charge in [-0.05, 0) is 0 Å². The molecule has 0 unspecified atom stereocenters. The van der Waals surface area contributed by atoms with E-state index in [4.69, 9.17) is 14.9 Å². The van der Waals surface area contributed by atoms with Gasteiger partial charge in [-0.2, -0.15) is 0 Å². The molecule has 7 heteroatoms. The number of carboxylic acid groups (broad SMARTS) is 1. The SMILES string of the molecule is CO[C@@H](CC(=O)O)P(=O)(O)O. The summed E-state index contributed by atoms with van der Waals surface area (Å²) in [5.74, 6) is -2.85. The lowest BCUT2D eigenvalue weighted by atomic mass is 10.5. The number of rotatable bonds is 4. The Morgan fingerprint density at radius 1 is 1.64 bits per heavy atom. The van der Waals surface area contributed by atoms with Crippen molar-refractivity contribution in [2.75, 3.05) is 7.11 Å². The molecular formula is C4H9O6P. The van der Waals surface area contributed by atoms with Crippen LogP contribution in [0.5, 0.6) is 0 Å². The lowest BCUT2D eigenvalue weighted by molar-refractivity contribution is -0.138. The molecule has 0 aromatic heterocycles. The van der Waals surface area contributed by atoms with Gasteiger partial charge in [0.15, 0.2) is 5.85 Å². The van der Waals surface area contributed by atoms with Crippen molar-refractivity contribution in [2.24, 2.45) is 0 Å². The third-order valence-corrected chi connectivity index (χ3v) is 2.14. The Labute approximate surface area is 63.0 Å². The monoisotopic (exact) mass is 184 g/mol. The second-order valence-electron chi connectivity index (χ2n) is 1.88. The van der Waals surface area contributed by atoms with E-state index >= 15 is 0 Å². The van der Waals surface area contributed by atoms with E-state index in [9.17, 15) is 9.36 Å². The van der Waals surface area contributed by atoms with Crippen molar-refractivity contribution in [3.63, 3.8) is 0 Å². The minimum absolute atomic E-state index is 0.694. The van der Waals surface area contributed by atoms with Gasteiger partial charge in [-0.3, -0.25) is 9.36 Å². The topological polar surface area (TPSA) is 104 Å². The van der Waals surface area contributed by atoms with Crippen LogP contribution in [0.15, 0.2) is 0 Å². The van der Waals surface area contributed by atoms with E-state index in [2.05, 4.69) is 4.74 Å². The van der Waals surface area contributed by atoms with E-state index in [1.165, 1.54) is 0 Å². The third kappa shape index (κ3) is 4.10. The molecule has 0 aliphatic heterocycles. The van der Waals surface area contributed by atoms with Gasteiger partial charge < -0.3 is 19.6 Å². The molecule has 0 amide bonds. The average molecular weight is 184 g/mol. The minimum atomic E-state index is -4.43. The highest BCUT2D eigenvalue weighted by molar-refractivity contribution is 7.52. The first-order valence-electron chi connectivity index (χ1n) is 2.67. The lowest BCUT2D eigenvalue weighted by Crippen LogP contribution is -2.15. The molecule has 3 N–H and O–H groups in total. The number of hydrogen-bond donors (Lipinski definition) is 3. The summed E-state index contributed by atoms with van der Waals surface area (Å²) in [7, 11) is -3.38. The molecule has 11 heavy (non-hydrogen) atoms. The van der Waals surface area contributed by atoms with Gasteiger partial charge in [0.2, 0.25) is 0 Å². The van der Waals surface area contributed by atoms with E-state index in [1.54, 1.807) is 0 Å². The summed E-state index contributed by atoms with van der Waals surface area (Å²) >= 11 is 0. The molecular weight excluding hydrogens is 175 g/mol. The van der Waals surface area contributed by atoms with Crippen LogP contribution in [0.3, 0.4) is 0 Å². The first kappa shape index (κ1) is 10.6. The molecule has 0 radical (unpaired) electrons. The van der Waals surface area contributed by atoms with Gasteiger partial charge in [-0.15, -0.1) is 0 Å². The average Bonchev–Trinajstić information content (AvgIpc) is 1.79. The maximum Gasteiger partial charge on any atom is 0.354 e. The lowest BCUT2D eigenvalue weighted by Gasteiger charge is -2.13. The molecule has 0 rings (SSSR count). The van der Waals surface area contributed by atoms with Crippen LogP contribution < -0.4 is 0 Å². The van der Waals surface area contributed by atoms with E-state index in [0.717, 1.165) is 7.11 Å². The zero-order valence-corrected chi connectivity index (χ0v) is 6.69. The number of methoxy groups -OCH3 is 1. The number of carboxylic acids is 1. The van der Waals surface area contributed by atoms with Crippen molar-refractivity contribution in [1.82, 2.24) is 0 Å². The Morgan fingerprint density at radius 2 is 2.09 bits per heavy atom. The van der Waals surface area contributed by atoms with E-state index in [0.29, 0.717) is 0 Å². The van der Waals surface area contributed by atoms with Crippen LogP contribution in [0, 0.1) is 0 Å². The molecule has 0 aromatic rings. The van der Waals surface area contributed by atoms with E-state index in [-0.39, 0.29) is 0 Å². The van der Waals surface area contributed by atoms with Crippen LogP contribution in [-0.4, -0.2) is 33.8 Å². The summed E-state index contributed by atoms with van der Waals surface area (Å²) in [6.07, 6.45) is -0.694. The van der Waals surface area contributed by atoms with Crippen LogP contribution in [0.25, 0.3) is 0 Å². The van der Waals surface area contributed by atoms with Gasteiger partial charge in [-0.1, -0.05) is 0 Å². The van der Waals surface area contributed by atoms with Crippen molar-refractivity contribution in [3.05, 3.63) is 0 Å². The molecule has 0 aromatic carbocycles.